The summed E-state index contributed by atoms with van der Waals surface area (Å²) in [5.74, 6) is 0. The van der Waals surface area contributed by atoms with Crippen molar-refractivity contribution in [3.63, 3.8) is 0 Å². The maximum atomic E-state index is 7.18. The van der Waals surface area contributed by atoms with E-state index in [1.807, 2.05) is 0 Å². The monoisotopic (exact) mass is 526 g/mol. The number of hydrogen-bond donors (Lipinski definition) is 0. The molecule has 1 aromatic rings. The molecule has 0 heterocycles. The van der Waals surface area contributed by atoms with Gasteiger partial charge >= 0.3 is 189 Å². The minimum atomic E-state index is -2.28. The summed E-state index contributed by atoms with van der Waals surface area (Å²) >= 11 is -2.28. The molecule has 0 N–H and O–H groups in total. The van der Waals surface area contributed by atoms with Gasteiger partial charge in [0.25, 0.3) is 0 Å². The van der Waals surface area contributed by atoms with Gasteiger partial charge in [0, 0.05) is 0 Å². The molecule has 1 rings (SSSR count). The molecule has 1 unspecified atom stereocenters. The van der Waals surface area contributed by atoms with Crippen LogP contribution in [-0.2, 0) is 4.43 Å². The fraction of sp³-hybridized carbons (Fsp3) is 0.769. The normalized spacial score (nSPS) is 14.2. The Balaban J connectivity index is 3.26. The average molecular weight is 525 g/mol. The Kier molecular flexibility index (Phi) is 12.1. The molecule has 3 heteroatoms. The summed E-state index contributed by atoms with van der Waals surface area (Å²) in [6, 6.07) is 11.2. The molecule has 0 radical (unpaired) electrons. The number of hydrogen-bond acceptors (Lipinski definition) is 1. The van der Waals surface area contributed by atoms with Crippen LogP contribution in [0.3, 0.4) is 0 Å². The van der Waals surface area contributed by atoms with E-state index in [-0.39, 0.29) is 5.04 Å². The Hall–Kier alpha value is 0.196. The molecular weight excluding hydrogens is 475 g/mol. The van der Waals surface area contributed by atoms with E-state index in [1.165, 1.54) is 48.5 Å². The van der Waals surface area contributed by atoms with E-state index in [4.69, 9.17) is 4.43 Å². The molecule has 1 aromatic carbocycles. The summed E-state index contributed by atoms with van der Waals surface area (Å²) in [6.45, 7) is 19.1. The molecule has 1 nitrogen and oxygen atoms in total. The zero-order valence-corrected chi connectivity index (χ0v) is 24.8. The van der Waals surface area contributed by atoms with Gasteiger partial charge in [-0.3, -0.25) is 0 Å². The van der Waals surface area contributed by atoms with Gasteiger partial charge in [0.15, 0.2) is 0 Å². The molecule has 0 aliphatic heterocycles. The quantitative estimate of drug-likeness (QED) is 0.220. The molecule has 0 aliphatic carbocycles. The van der Waals surface area contributed by atoms with Crippen molar-refractivity contribution < 1.29 is 4.43 Å². The number of rotatable bonds is 14. The molecule has 0 saturated heterocycles. The van der Waals surface area contributed by atoms with Crippen molar-refractivity contribution in [1.82, 2.24) is 0 Å². The van der Waals surface area contributed by atoms with Crippen molar-refractivity contribution in [2.45, 2.75) is 122 Å². The predicted octanol–water partition coefficient (Wildman–Crippen LogP) is 9.60. The van der Waals surface area contributed by atoms with Crippen LogP contribution in [0.25, 0.3) is 0 Å². The van der Waals surface area contributed by atoms with Crippen LogP contribution >= 0.6 is 0 Å². The minimum absolute atomic E-state index is 0.258. The van der Waals surface area contributed by atoms with Gasteiger partial charge in [-0.2, -0.15) is 0 Å². The SMILES string of the molecule is CCC[CH2][Sn]([CH2]CCC)([CH2]CCC)[CH2]C(O[Si](C)(C)C(C)(C)C)c1ccccc1. The van der Waals surface area contributed by atoms with Gasteiger partial charge in [-0.05, 0) is 0 Å². The molecular formula is C26H50OSiSn. The summed E-state index contributed by atoms with van der Waals surface area (Å²) in [5.41, 5.74) is 1.43. The van der Waals surface area contributed by atoms with Crippen LogP contribution in [-0.4, -0.2) is 26.7 Å². The summed E-state index contributed by atoms with van der Waals surface area (Å²) in [5, 5.41) is 0.258. The van der Waals surface area contributed by atoms with Gasteiger partial charge in [0.05, 0.1) is 0 Å². The Bertz CT molecular complexity index is 528. The Labute approximate surface area is 188 Å². The van der Waals surface area contributed by atoms with Gasteiger partial charge in [0.2, 0.25) is 0 Å². The molecule has 0 spiro atoms. The van der Waals surface area contributed by atoms with Crippen LogP contribution in [0, 0.1) is 0 Å². The number of benzene rings is 1. The molecule has 1 atom stereocenters. The predicted molar refractivity (Wildman–Crippen MR) is 137 cm³/mol. The molecule has 29 heavy (non-hydrogen) atoms. The van der Waals surface area contributed by atoms with Crippen LogP contribution in [0.4, 0.5) is 0 Å². The maximum absolute atomic E-state index is 7.18. The summed E-state index contributed by atoms with van der Waals surface area (Å²) in [6.07, 6.45) is 8.65. The standard InChI is InChI=1S/C14H23OSi.3C4H9.Sn/c1-12(13-10-8-7-9-11-13)15-16(5,6)14(2,3)4;3*1-3-4-2;/h7-12H,1H2,2-6H3;3*1,3-4H2,2H3;. The zero-order valence-electron chi connectivity index (χ0n) is 20.9. The molecule has 0 aromatic heterocycles. The summed E-state index contributed by atoms with van der Waals surface area (Å²) in [7, 11) is -1.81. The fourth-order valence-corrected chi connectivity index (χ4v) is 22.4. The van der Waals surface area contributed by atoms with Gasteiger partial charge in [-0.25, -0.2) is 0 Å². The Morgan fingerprint density at radius 2 is 1.28 bits per heavy atom. The van der Waals surface area contributed by atoms with Crippen LogP contribution in [0.1, 0.15) is 91.7 Å². The van der Waals surface area contributed by atoms with E-state index in [1.54, 1.807) is 13.3 Å². The molecule has 0 bridgehead atoms. The summed E-state index contributed by atoms with van der Waals surface area (Å²) < 4.78 is 13.3. The van der Waals surface area contributed by atoms with E-state index in [0.29, 0.717) is 6.10 Å². The molecule has 0 saturated carbocycles. The van der Waals surface area contributed by atoms with Crippen molar-refractivity contribution in [1.29, 1.82) is 0 Å². The molecule has 0 amide bonds. The summed E-state index contributed by atoms with van der Waals surface area (Å²) in [4.78, 5) is 0. The zero-order chi connectivity index (χ0) is 22.0. The van der Waals surface area contributed by atoms with Crippen molar-refractivity contribution in [3.8, 4) is 0 Å². The third-order valence-electron chi connectivity index (χ3n) is 7.21. The van der Waals surface area contributed by atoms with Crippen LogP contribution in [0.2, 0.25) is 35.9 Å². The van der Waals surface area contributed by atoms with Gasteiger partial charge in [-0.15, -0.1) is 0 Å². The second-order valence-corrected chi connectivity index (χ2v) is 29.6. The molecule has 0 fully saturated rings. The van der Waals surface area contributed by atoms with Crippen LogP contribution < -0.4 is 0 Å². The van der Waals surface area contributed by atoms with E-state index >= 15 is 0 Å². The second kappa shape index (κ2) is 12.9. The van der Waals surface area contributed by atoms with Crippen molar-refractivity contribution in [3.05, 3.63) is 35.9 Å². The Morgan fingerprint density at radius 3 is 1.66 bits per heavy atom. The first-order valence-electron chi connectivity index (χ1n) is 12.3. The van der Waals surface area contributed by atoms with Crippen molar-refractivity contribution >= 4 is 26.7 Å². The third-order valence-corrected chi connectivity index (χ3v) is 27.3. The fourth-order valence-electron chi connectivity index (χ4n) is 4.16. The second-order valence-electron chi connectivity index (χ2n) is 10.8. The molecule has 168 valence electrons. The average Bonchev–Trinajstić information content (AvgIpc) is 2.68. The van der Waals surface area contributed by atoms with Gasteiger partial charge in [-0.1, -0.05) is 0 Å². The first kappa shape index (κ1) is 27.2. The van der Waals surface area contributed by atoms with Gasteiger partial charge in [0.1, 0.15) is 0 Å². The first-order chi connectivity index (χ1) is 13.6. The van der Waals surface area contributed by atoms with E-state index in [9.17, 15) is 0 Å². The van der Waals surface area contributed by atoms with E-state index in [2.05, 4.69) is 85.0 Å². The van der Waals surface area contributed by atoms with E-state index < -0.39 is 26.7 Å². The van der Waals surface area contributed by atoms with Crippen LogP contribution in [0.15, 0.2) is 30.3 Å². The third kappa shape index (κ3) is 9.07. The van der Waals surface area contributed by atoms with Crippen molar-refractivity contribution in [2.75, 3.05) is 0 Å². The number of unbranched alkanes of at least 4 members (excludes halogenated alkanes) is 3. The van der Waals surface area contributed by atoms with Crippen LogP contribution in [0.5, 0.6) is 0 Å². The Morgan fingerprint density at radius 1 is 0.828 bits per heavy atom. The van der Waals surface area contributed by atoms with Crippen molar-refractivity contribution in [2.24, 2.45) is 0 Å². The first-order valence-corrected chi connectivity index (χ1v) is 23.3. The molecule has 0 aliphatic rings. The van der Waals surface area contributed by atoms with Gasteiger partial charge < -0.3 is 0 Å². The van der Waals surface area contributed by atoms with E-state index in [0.717, 1.165) is 0 Å². The topological polar surface area (TPSA) is 9.23 Å².